The van der Waals surface area contributed by atoms with Crippen molar-refractivity contribution in [3.63, 3.8) is 0 Å². The van der Waals surface area contributed by atoms with E-state index in [1.807, 2.05) is 0 Å². The molecular formula is C12H27NOSi. The number of aliphatic hydroxyl groups is 1. The summed E-state index contributed by atoms with van der Waals surface area (Å²) in [5, 5.41) is 8.96. The van der Waals surface area contributed by atoms with Gasteiger partial charge in [0.1, 0.15) is 0 Å². The molecule has 0 atom stereocenters. The lowest BCUT2D eigenvalue weighted by Crippen LogP contribution is -2.30. The van der Waals surface area contributed by atoms with Crippen molar-refractivity contribution in [1.82, 2.24) is 4.90 Å². The van der Waals surface area contributed by atoms with Crippen LogP contribution >= 0.6 is 0 Å². The van der Waals surface area contributed by atoms with Crippen molar-refractivity contribution in [2.24, 2.45) is 0 Å². The van der Waals surface area contributed by atoms with Gasteiger partial charge in [0.05, 0.1) is 14.7 Å². The molecule has 90 valence electrons. The minimum absolute atomic E-state index is 0.264. The van der Waals surface area contributed by atoms with Crippen LogP contribution in [0.5, 0.6) is 0 Å². The van der Waals surface area contributed by atoms with Crippen LogP contribution < -0.4 is 0 Å². The highest BCUT2D eigenvalue weighted by Gasteiger charge is 2.10. The molecule has 0 amide bonds. The lowest BCUT2D eigenvalue weighted by Gasteiger charge is -2.22. The van der Waals surface area contributed by atoms with Crippen LogP contribution in [0.2, 0.25) is 19.6 Å². The lowest BCUT2D eigenvalue weighted by atomic mass is 10.3. The highest BCUT2D eigenvalue weighted by atomic mass is 28.3. The van der Waals surface area contributed by atoms with Crippen molar-refractivity contribution in [3.8, 4) is 0 Å². The van der Waals surface area contributed by atoms with E-state index in [-0.39, 0.29) is 6.61 Å². The van der Waals surface area contributed by atoms with Crippen molar-refractivity contribution < 1.29 is 5.11 Å². The van der Waals surface area contributed by atoms with Gasteiger partial charge in [-0.2, -0.15) is 0 Å². The summed E-state index contributed by atoms with van der Waals surface area (Å²) < 4.78 is 0. The average Bonchev–Trinajstić information content (AvgIpc) is 2.00. The molecular weight excluding hydrogens is 202 g/mol. The minimum atomic E-state index is -1.08. The second kappa shape index (κ2) is 7.20. The Labute approximate surface area is 96.0 Å². The Kier molecular flexibility index (Phi) is 7.14. The standard InChI is InChI=1S/C12H27NOSi/c1-6-7-13(8-9-14)10-12(2)11-15(3,4)5/h11,14H,6-10H2,1-5H3/b12-11+. The number of rotatable bonds is 7. The summed E-state index contributed by atoms with van der Waals surface area (Å²) in [7, 11) is -1.08. The third kappa shape index (κ3) is 8.84. The monoisotopic (exact) mass is 229 g/mol. The fourth-order valence-electron chi connectivity index (χ4n) is 1.87. The average molecular weight is 229 g/mol. The summed E-state index contributed by atoms with van der Waals surface area (Å²) in [6, 6.07) is 0. The van der Waals surface area contributed by atoms with E-state index in [1.165, 1.54) is 5.57 Å². The van der Waals surface area contributed by atoms with Crippen LogP contribution in [0.15, 0.2) is 11.3 Å². The summed E-state index contributed by atoms with van der Waals surface area (Å²) >= 11 is 0. The van der Waals surface area contributed by atoms with Gasteiger partial charge in [-0.15, -0.1) is 0 Å². The Morgan fingerprint density at radius 1 is 1.27 bits per heavy atom. The van der Waals surface area contributed by atoms with Gasteiger partial charge in [0.25, 0.3) is 0 Å². The highest BCUT2D eigenvalue weighted by molar-refractivity contribution is 6.81. The first kappa shape index (κ1) is 14.9. The van der Waals surface area contributed by atoms with Gasteiger partial charge < -0.3 is 5.11 Å². The largest absolute Gasteiger partial charge is 0.395 e. The maximum Gasteiger partial charge on any atom is 0.0686 e. The smallest absolute Gasteiger partial charge is 0.0686 e. The van der Waals surface area contributed by atoms with E-state index in [1.54, 1.807) is 0 Å². The summed E-state index contributed by atoms with van der Waals surface area (Å²) in [6.07, 6.45) is 1.15. The molecule has 0 aromatic heterocycles. The van der Waals surface area contributed by atoms with Crippen LogP contribution in [-0.4, -0.2) is 44.3 Å². The van der Waals surface area contributed by atoms with Crippen molar-refractivity contribution in [2.75, 3.05) is 26.2 Å². The molecule has 0 heterocycles. The molecule has 0 saturated carbocycles. The van der Waals surface area contributed by atoms with Crippen molar-refractivity contribution in [2.45, 2.75) is 39.9 Å². The second-order valence-corrected chi connectivity index (χ2v) is 10.4. The third-order valence-corrected chi connectivity index (χ3v) is 3.47. The van der Waals surface area contributed by atoms with Crippen LogP contribution in [0.25, 0.3) is 0 Å². The van der Waals surface area contributed by atoms with Gasteiger partial charge in [-0.1, -0.05) is 37.8 Å². The van der Waals surface area contributed by atoms with E-state index in [0.717, 1.165) is 26.1 Å². The highest BCUT2D eigenvalue weighted by Crippen LogP contribution is 2.08. The molecule has 0 aliphatic heterocycles. The normalized spacial score (nSPS) is 13.7. The molecule has 0 rings (SSSR count). The molecule has 0 unspecified atom stereocenters. The van der Waals surface area contributed by atoms with Gasteiger partial charge in [-0.05, 0) is 19.9 Å². The molecule has 0 aliphatic carbocycles. The van der Waals surface area contributed by atoms with Crippen molar-refractivity contribution >= 4 is 8.07 Å². The zero-order valence-electron chi connectivity index (χ0n) is 11.0. The summed E-state index contributed by atoms with van der Waals surface area (Å²) in [6.45, 7) is 14.6. The summed E-state index contributed by atoms with van der Waals surface area (Å²) in [4.78, 5) is 2.33. The fourth-order valence-corrected chi connectivity index (χ4v) is 3.43. The first-order chi connectivity index (χ1) is 6.89. The first-order valence-corrected chi connectivity index (χ1v) is 9.48. The molecule has 0 spiro atoms. The summed E-state index contributed by atoms with van der Waals surface area (Å²) in [5.74, 6) is 0. The van der Waals surface area contributed by atoms with Crippen LogP contribution in [0.1, 0.15) is 20.3 Å². The maximum atomic E-state index is 8.96. The zero-order valence-corrected chi connectivity index (χ0v) is 12.0. The minimum Gasteiger partial charge on any atom is -0.395 e. The zero-order chi connectivity index (χ0) is 11.9. The van der Waals surface area contributed by atoms with E-state index in [9.17, 15) is 0 Å². The molecule has 2 nitrogen and oxygen atoms in total. The Morgan fingerprint density at radius 3 is 2.27 bits per heavy atom. The SMILES string of the molecule is CCCN(CCO)C/C(C)=C/[Si](C)(C)C. The molecule has 0 bridgehead atoms. The molecule has 0 fully saturated rings. The Hall–Kier alpha value is -0.123. The number of nitrogens with zero attached hydrogens (tertiary/aromatic N) is 1. The van der Waals surface area contributed by atoms with E-state index < -0.39 is 8.07 Å². The molecule has 0 saturated heterocycles. The van der Waals surface area contributed by atoms with Crippen LogP contribution in [0.4, 0.5) is 0 Å². The van der Waals surface area contributed by atoms with Gasteiger partial charge in [0.15, 0.2) is 0 Å². The Balaban J connectivity index is 4.21. The number of hydrogen-bond donors (Lipinski definition) is 1. The molecule has 0 aromatic rings. The van der Waals surface area contributed by atoms with Gasteiger partial charge in [-0.25, -0.2) is 0 Å². The molecule has 0 aromatic carbocycles. The quantitative estimate of drug-likeness (QED) is 0.678. The van der Waals surface area contributed by atoms with Crippen LogP contribution in [0, 0.1) is 0 Å². The van der Waals surface area contributed by atoms with Crippen molar-refractivity contribution in [3.05, 3.63) is 11.3 Å². The topological polar surface area (TPSA) is 23.5 Å². The van der Waals surface area contributed by atoms with E-state index in [2.05, 4.69) is 44.1 Å². The van der Waals surface area contributed by atoms with E-state index in [4.69, 9.17) is 5.11 Å². The second-order valence-electron chi connectivity index (χ2n) is 5.36. The molecule has 0 radical (unpaired) electrons. The fraction of sp³-hybridized carbons (Fsp3) is 0.833. The van der Waals surface area contributed by atoms with Crippen LogP contribution in [0.3, 0.4) is 0 Å². The van der Waals surface area contributed by atoms with Gasteiger partial charge in [0.2, 0.25) is 0 Å². The molecule has 15 heavy (non-hydrogen) atoms. The number of aliphatic hydroxyl groups excluding tert-OH is 1. The maximum absolute atomic E-state index is 8.96. The lowest BCUT2D eigenvalue weighted by molar-refractivity contribution is 0.206. The van der Waals surface area contributed by atoms with Gasteiger partial charge in [0, 0.05) is 13.1 Å². The Bertz CT molecular complexity index is 190. The molecule has 3 heteroatoms. The van der Waals surface area contributed by atoms with Crippen LogP contribution in [-0.2, 0) is 0 Å². The van der Waals surface area contributed by atoms with Gasteiger partial charge in [-0.3, -0.25) is 4.90 Å². The Morgan fingerprint density at radius 2 is 1.87 bits per heavy atom. The third-order valence-electron chi connectivity index (χ3n) is 2.11. The first-order valence-electron chi connectivity index (χ1n) is 5.90. The predicted molar refractivity (Wildman–Crippen MR) is 70.9 cm³/mol. The van der Waals surface area contributed by atoms with E-state index >= 15 is 0 Å². The van der Waals surface area contributed by atoms with E-state index in [0.29, 0.717) is 0 Å². The number of hydrogen-bond acceptors (Lipinski definition) is 2. The molecule has 0 aliphatic rings. The molecule has 1 N–H and O–H groups in total. The summed E-state index contributed by atoms with van der Waals surface area (Å²) in [5.41, 5.74) is 3.91. The predicted octanol–water partition coefficient (Wildman–Crippen LogP) is 2.51. The van der Waals surface area contributed by atoms with Crippen molar-refractivity contribution in [1.29, 1.82) is 0 Å². The van der Waals surface area contributed by atoms with Gasteiger partial charge >= 0.3 is 0 Å².